The number of hydrogen-bond acceptors (Lipinski definition) is 3. The third-order valence-corrected chi connectivity index (χ3v) is 6.86. The van der Waals surface area contributed by atoms with Crippen LogP contribution in [0.5, 0.6) is 0 Å². The number of rotatable bonds is 6. The van der Waals surface area contributed by atoms with E-state index in [1.165, 1.54) is 0 Å². The first-order chi connectivity index (χ1) is 17.4. The number of aromatic amines is 1. The highest BCUT2D eigenvalue weighted by atomic mass is 79.9. The summed E-state index contributed by atoms with van der Waals surface area (Å²) in [4.78, 5) is 45.6. The van der Waals surface area contributed by atoms with Gasteiger partial charge in [0.1, 0.15) is 6.04 Å². The predicted molar refractivity (Wildman–Crippen MR) is 144 cm³/mol. The molecule has 10 heteroatoms. The summed E-state index contributed by atoms with van der Waals surface area (Å²) >= 11 is 3.38. The molecule has 3 aromatic rings. The second-order valence-corrected chi connectivity index (χ2v) is 9.80. The van der Waals surface area contributed by atoms with Crippen molar-refractivity contribution in [2.45, 2.75) is 32.4 Å². The average molecular weight is 555 g/mol. The summed E-state index contributed by atoms with van der Waals surface area (Å²) in [7, 11) is 0. The van der Waals surface area contributed by atoms with E-state index in [1.807, 2.05) is 56.4 Å². The summed E-state index contributed by atoms with van der Waals surface area (Å²) < 4.78 is 0.904. The van der Waals surface area contributed by atoms with E-state index < -0.39 is 12.1 Å². The fourth-order valence-electron chi connectivity index (χ4n) is 4.51. The van der Waals surface area contributed by atoms with Crippen LogP contribution in [0.2, 0.25) is 0 Å². The molecule has 0 radical (unpaired) electrons. The van der Waals surface area contributed by atoms with Gasteiger partial charge in [0.25, 0.3) is 0 Å². The average Bonchev–Trinajstić information content (AvgIpc) is 3.27. The number of H-pyrrole nitrogens is 1. The smallest absolute Gasteiger partial charge is 0.319 e. The lowest BCUT2D eigenvalue weighted by atomic mass is 10.0. The van der Waals surface area contributed by atoms with E-state index in [-0.39, 0.29) is 18.0 Å². The fraction of sp³-hybridized carbons (Fsp3) is 0.346. The molecule has 0 spiro atoms. The van der Waals surface area contributed by atoms with Crippen LogP contribution in [-0.4, -0.2) is 71.0 Å². The van der Waals surface area contributed by atoms with Gasteiger partial charge in [-0.25, -0.2) is 9.59 Å². The Morgan fingerprint density at radius 2 is 1.86 bits per heavy atom. The first-order valence-electron chi connectivity index (χ1n) is 12.1. The molecule has 2 heterocycles. The number of para-hydroxylation sites is 1. The summed E-state index contributed by atoms with van der Waals surface area (Å²) in [6, 6.07) is 13.6. The van der Waals surface area contributed by atoms with E-state index in [0.717, 1.165) is 20.9 Å². The number of aromatic nitrogens is 1. The highest BCUT2D eigenvalue weighted by Crippen LogP contribution is 2.21. The van der Waals surface area contributed by atoms with Crippen LogP contribution in [0, 0.1) is 0 Å². The fourth-order valence-corrected chi connectivity index (χ4v) is 4.78. The SMILES string of the molecule is CCNC(=O)N1CCN(C(=O)C(Cc2c[nH]c3ccccc23)NC(=O)Nc2ccc(Br)cc2)CC1C. The Morgan fingerprint density at radius 1 is 1.11 bits per heavy atom. The number of anilines is 1. The van der Waals surface area contributed by atoms with Gasteiger partial charge in [-0.3, -0.25) is 4.79 Å². The van der Waals surface area contributed by atoms with Crippen LogP contribution in [0.25, 0.3) is 10.9 Å². The molecule has 9 nitrogen and oxygen atoms in total. The number of carbonyl (C=O) groups excluding carboxylic acids is 3. The van der Waals surface area contributed by atoms with Gasteiger partial charge in [-0.1, -0.05) is 34.1 Å². The normalized spacial score (nSPS) is 16.5. The minimum absolute atomic E-state index is 0.126. The summed E-state index contributed by atoms with van der Waals surface area (Å²) in [6.45, 7) is 5.59. The largest absolute Gasteiger partial charge is 0.361 e. The standard InChI is InChI=1S/C26H31BrN6O3/c1-3-28-26(36)33-13-12-32(16-17(33)2)24(34)23(14-18-15-29-22-7-5-4-6-21(18)22)31-25(35)30-20-10-8-19(27)9-11-20/h4-11,15,17,23,29H,3,12-14,16H2,1-2H3,(H,28,36)(H2,30,31,35). The van der Waals surface area contributed by atoms with Crippen molar-refractivity contribution in [2.24, 2.45) is 0 Å². The Morgan fingerprint density at radius 3 is 2.58 bits per heavy atom. The Balaban J connectivity index is 1.51. The van der Waals surface area contributed by atoms with Crippen molar-refractivity contribution in [3.63, 3.8) is 0 Å². The van der Waals surface area contributed by atoms with E-state index in [4.69, 9.17) is 0 Å². The van der Waals surface area contributed by atoms with E-state index in [1.54, 1.807) is 21.9 Å². The van der Waals surface area contributed by atoms with Gasteiger partial charge in [0.05, 0.1) is 0 Å². The topological polar surface area (TPSA) is 110 Å². The van der Waals surface area contributed by atoms with Gasteiger partial charge in [-0.15, -0.1) is 0 Å². The van der Waals surface area contributed by atoms with Crippen LogP contribution in [-0.2, 0) is 11.2 Å². The van der Waals surface area contributed by atoms with Crippen LogP contribution >= 0.6 is 15.9 Å². The predicted octanol–water partition coefficient (Wildman–Crippen LogP) is 3.93. The van der Waals surface area contributed by atoms with Crippen LogP contribution in [0.4, 0.5) is 15.3 Å². The van der Waals surface area contributed by atoms with Crippen molar-refractivity contribution in [3.05, 3.63) is 64.8 Å². The quantitative estimate of drug-likeness (QED) is 0.370. The minimum atomic E-state index is -0.775. The molecule has 0 saturated carbocycles. The summed E-state index contributed by atoms with van der Waals surface area (Å²) in [5.74, 6) is -0.173. The molecule has 4 rings (SSSR count). The molecule has 1 aromatic heterocycles. The van der Waals surface area contributed by atoms with Gasteiger partial charge in [0.2, 0.25) is 5.91 Å². The number of amides is 5. The Labute approximate surface area is 218 Å². The number of piperazine rings is 1. The van der Waals surface area contributed by atoms with E-state index >= 15 is 0 Å². The van der Waals surface area contributed by atoms with Crippen molar-refractivity contribution in [1.29, 1.82) is 0 Å². The molecule has 1 aliphatic heterocycles. The Bertz CT molecular complexity index is 1230. The zero-order valence-corrected chi connectivity index (χ0v) is 22.0. The first-order valence-corrected chi connectivity index (χ1v) is 12.9. The molecule has 1 saturated heterocycles. The minimum Gasteiger partial charge on any atom is -0.361 e. The Kier molecular flexibility index (Phi) is 8.14. The highest BCUT2D eigenvalue weighted by molar-refractivity contribution is 9.10. The zero-order chi connectivity index (χ0) is 25.7. The van der Waals surface area contributed by atoms with E-state index in [0.29, 0.717) is 38.3 Å². The molecule has 190 valence electrons. The molecular formula is C26H31BrN6O3. The lowest BCUT2D eigenvalue weighted by Gasteiger charge is -2.40. The van der Waals surface area contributed by atoms with Crippen LogP contribution in [0.3, 0.4) is 0 Å². The maximum Gasteiger partial charge on any atom is 0.319 e. The van der Waals surface area contributed by atoms with Crippen LogP contribution < -0.4 is 16.0 Å². The number of carbonyl (C=O) groups is 3. The van der Waals surface area contributed by atoms with Crippen molar-refractivity contribution in [1.82, 2.24) is 25.4 Å². The highest BCUT2D eigenvalue weighted by Gasteiger charge is 2.33. The Hall–Kier alpha value is -3.53. The van der Waals surface area contributed by atoms with Crippen molar-refractivity contribution >= 4 is 50.5 Å². The molecule has 2 unspecified atom stereocenters. The third-order valence-electron chi connectivity index (χ3n) is 6.33. The molecular weight excluding hydrogens is 524 g/mol. The summed E-state index contributed by atoms with van der Waals surface area (Å²) in [6.07, 6.45) is 2.22. The van der Waals surface area contributed by atoms with E-state index in [2.05, 4.69) is 36.9 Å². The molecule has 1 aliphatic rings. The number of benzene rings is 2. The molecule has 2 atom stereocenters. The molecule has 0 bridgehead atoms. The molecule has 2 aromatic carbocycles. The van der Waals surface area contributed by atoms with Gasteiger partial charge in [0, 0.05) is 65.9 Å². The monoisotopic (exact) mass is 554 g/mol. The van der Waals surface area contributed by atoms with E-state index in [9.17, 15) is 14.4 Å². The molecule has 5 amide bonds. The zero-order valence-electron chi connectivity index (χ0n) is 20.4. The third kappa shape index (κ3) is 5.99. The maximum atomic E-state index is 13.7. The number of fused-ring (bicyclic) bond motifs is 1. The van der Waals surface area contributed by atoms with Gasteiger partial charge in [-0.05, 0) is 49.7 Å². The number of nitrogens with one attached hydrogen (secondary N) is 4. The van der Waals surface area contributed by atoms with Gasteiger partial charge in [0.15, 0.2) is 0 Å². The molecule has 36 heavy (non-hydrogen) atoms. The van der Waals surface area contributed by atoms with Crippen molar-refractivity contribution in [3.8, 4) is 0 Å². The second-order valence-electron chi connectivity index (χ2n) is 8.88. The van der Waals surface area contributed by atoms with Crippen LogP contribution in [0.15, 0.2) is 59.2 Å². The summed E-state index contributed by atoms with van der Waals surface area (Å²) in [5.41, 5.74) is 2.54. The number of halogens is 1. The number of hydrogen-bond donors (Lipinski definition) is 4. The van der Waals surface area contributed by atoms with Crippen molar-refractivity contribution < 1.29 is 14.4 Å². The summed E-state index contributed by atoms with van der Waals surface area (Å²) in [5, 5.41) is 9.54. The maximum absolute atomic E-state index is 13.7. The van der Waals surface area contributed by atoms with Crippen LogP contribution in [0.1, 0.15) is 19.4 Å². The van der Waals surface area contributed by atoms with Crippen molar-refractivity contribution in [2.75, 3.05) is 31.5 Å². The molecule has 4 N–H and O–H groups in total. The van der Waals surface area contributed by atoms with Gasteiger partial charge < -0.3 is 30.7 Å². The molecule has 0 aliphatic carbocycles. The van der Waals surface area contributed by atoms with Gasteiger partial charge >= 0.3 is 12.1 Å². The number of urea groups is 2. The van der Waals surface area contributed by atoms with Gasteiger partial charge in [-0.2, -0.15) is 0 Å². The number of nitrogens with zero attached hydrogens (tertiary/aromatic N) is 2. The lowest BCUT2D eigenvalue weighted by molar-refractivity contribution is -0.135. The molecule has 1 fully saturated rings. The first kappa shape index (κ1) is 25.6. The second kappa shape index (κ2) is 11.5. The lowest BCUT2D eigenvalue weighted by Crippen LogP contribution is -2.60.